The minimum absolute atomic E-state index is 0.147. The maximum absolute atomic E-state index is 13.2. The van der Waals surface area contributed by atoms with Crippen LogP contribution >= 0.6 is 0 Å². The lowest BCUT2D eigenvalue weighted by Gasteiger charge is -2.39. The zero-order chi connectivity index (χ0) is 18.9. The summed E-state index contributed by atoms with van der Waals surface area (Å²) in [5.41, 5.74) is 1.83. The first-order valence-electron chi connectivity index (χ1n) is 9.91. The van der Waals surface area contributed by atoms with E-state index in [-0.39, 0.29) is 24.1 Å². The van der Waals surface area contributed by atoms with Crippen molar-refractivity contribution < 1.29 is 9.53 Å². The SMILES string of the molecule is O=C(c1ccc(-n2cccc2)cc1)N1C2CCC1CC(Oc1ccncc1)C2. The second-order valence-electron chi connectivity index (χ2n) is 7.63. The van der Waals surface area contributed by atoms with Gasteiger partial charge in [-0.25, -0.2) is 0 Å². The predicted octanol–water partition coefficient (Wildman–Crippen LogP) is 4.09. The number of hydrogen-bond donors (Lipinski definition) is 0. The first kappa shape index (κ1) is 17.0. The van der Waals surface area contributed by atoms with Crippen molar-refractivity contribution in [3.05, 3.63) is 78.9 Å². The van der Waals surface area contributed by atoms with E-state index in [0.29, 0.717) is 0 Å². The molecule has 2 fully saturated rings. The maximum atomic E-state index is 13.2. The van der Waals surface area contributed by atoms with E-state index < -0.39 is 0 Å². The molecule has 5 nitrogen and oxygen atoms in total. The van der Waals surface area contributed by atoms with Crippen LogP contribution in [0, 0.1) is 0 Å². The Morgan fingerprint density at radius 1 is 0.929 bits per heavy atom. The molecule has 2 atom stereocenters. The monoisotopic (exact) mass is 373 g/mol. The lowest BCUT2D eigenvalue weighted by molar-refractivity contribution is 0.0359. The molecule has 2 aromatic heterocycles. The van der Waals surface area contributed by atoms with Crippen molar-refractivity contribution in [3.8, 4) is 11.4 Å². The molecule has 2 bridgehead atoms. The molecule has 1 amide bonds. The Kier molecular flexibility index (Phi) is 4.35. The van der Waals surface area contributed by atoms with Gasteiger partial charge in [0, 0.05) is 61.0 Å². The van der Waals surface area contributed by atoms with Crippen LogP contribution in [0.5, 0.6) is 5.75 Å². The Hall–Kier alpha value is -3.08. The number of carbonyl (C=O) groups is 1. The highest BCUT2D eigenvalue weighted by Gasteiger charge is 2.44. The average Bonchev–Trinajstić information content (AvgIpc) is 3.35. The second kappa shape index (κ2) is 7.15. The van der Waals surface area contributed by atoms with Crippen molar-refractivity contribution in [2.45, 2.75) is 43.9 Å². The van der Waals surface area contributed by atoms with Crippen LogP contribution in [0.2, 0.25) is 0 Å². The third-order valence-electron chi connectivity index (χ3n) is 5.89. The quantitative estimate of drug-likeness (QED) is 0.692. The number of hydrogen-bond acceptors (Lipinski definition) is 3. The highest BCUT2D eigenvalue weighted by Crippen LogP contribution is 2.38. The fraction of sp³-hybridized carbons (Fsp3) is 0.304. The summed E-state index contributed by atoms with van der Waals surface area (Å²) in [6.45, 7) is 0. The molecule has 2 aliphatic rings. The number of aromatic nitrogens is 2. The van der Waals surface area contributed by atoms with Crippen LogP contribution in [-0.4, -0.2) is 38.5 Å². The van der Waals surface area contributed by atoms with Crippen molar-refractivity contribution >= 4 is 5.91 Å². The Labute approximate surface area is 164 Å². The molecule has 28 heavy (non-hydrogen) atoms. The first-order valence-corrected chi connectivity index (χ1v) is 9.91. The zero-order valence-electron chi connectivity index (χ0n) is 15.6. The number of rotatable bonds is 4. The fourth-order valence-corrected chi connectivity index (χ4v) is 4.60. The molecule has 0 spiro atoms. The first-order chi connectivity index (χ1) is 13.8. The number of amides is 1. The van der Waals surface area contributed by atoms with Crippen LogP contribution in [-0.2, 0) is 0 Å². The van der Waals surface area contributed by atoms with E-state index >= 15 is 0 Å². The van der Waals surface area contributed by atoms with E-state index in [4.69, 9.17) is 4.74 Å². The van der Waals surface area contributed by atoms with Gasteiger partial charge in [0.25, 0.3) is 5.91 Å². The molecule has 3 aromatic rings. The van der Waals surface area contributed by atoms with Crippen molar-refractivity contribution in [1.82, 2.24) is 14.5 Å². The summed E-state index contributed by atoms with van der Waals surface area (Å²) in [5.74, 6) is 1.01. The molecule has 5 heteroatoms. The fourth-order valence-electron chi connectivity index (χ4n) is 4.60. The van der Waals surface area contributed by atoms with Gasteiger partial charge in [-0.2, -0.15) is 0 Å². The molecule has 5 rings (SSSR count). The lowest BCUT2D eigenvalue weighted by atomic mass is 9.98. The Bertz CT molecular complexity index is 924. The molecule has 0 N–H and O–H groups in total. The van der Waals surface area contributed by atoms with Crippen LogP contribution in [0.3, 0.4) is 0 Å². The van der Waals surface area contributed by atoms with E-state index in [1.165, 1.54) is 0 Å². The van der Waals surface area contributed by atoms with Crippen LogP contribution in [0.1, 0.15) is 36.0 Å². The molecule has 142 valence electrons. The highest BCUT2D eigenvalue weighted by molar-refractivity contribution is 5.95. The van der Waals surface area contributed by atoms with E-state index in [2.05, 4.69) is 9.88 Å². The van der Waals surface area contributed by atoms with E-state index in [0.717, 1.165) is 42.7 Å². The van der Waals surface area contributed by atoms with Gasteiger partial charge >= 0.3 is 0 Å². The van der Waals surface area contributed by atoms with Gasteiger partial charge in [-0.15, -0.1) is 0 Å². The van der Waals surface area contributed by atoms with Crippen molar-refractivity contribution in [1.29, 1.82) is 0 Å². The molecule has 2 unspecified atom stereocenters. The summed E-state index contributed by atoms with van der Waals surface area (Å²) in [4.78, 5) is 19.3. The Morgan fingerprint density at radius 3 is 2.21 bits per heavy atom. The number of fused-ring (bicyclic) bond motifs is 2. The third-order valence-corrected chi connectivity index (χ3v) is 5.89. The van der Waals surface area contributed by atoms with Gasteiger partial charge in [0.2, 0.25) is 0 Å². The number of piperidine rings is 1. The number of ether oxygens (including phenoxy) is 1. The van der Waals surface area contributed by atoms with Gasteiger partial charge in [0.1, 0.15) is 11.9 Å². The average molecular weight is 373 g/mol. The topological polar surface area (TPSA) is 47.4 Å². The molecular formula is C23H23N3O2. The molecule has 2 saturated heterocycles. The summed E-state index contributed by atoms with van der Waals surface area (Å²) in [6.07, 6.45) is 11.6. The van der Waals surface area contributed by atoms with Gasteiger partial charge in [-0.3, -0.25) is 9.78 Å². The van der Waals surface area contributed by atoms with Crippen molar-refractivity contribution in [2.75, 3.05) is 0 Å². The normalized spacial score (nSPS) is 23.6. The molecule has 0 aliphatic carbocycles. The van der Waals surface area contributed by atoms with Gasteiger partial charge < -0.3 is 14.2 Å². The number of carbonyl (C=O) groups excluding carboxylic acids is 1. The number of benzene rings is 1. The van der Waals surface area contributed by atoms with Crippen LogP contribution < -0.4 is 4.74 Å². The molecule has 0 saturated carbocycles. The van der Waals surface area contributed by atoms with E-state index in [1.54, 1.807) is 12.4 Å². The molecule has 1 aromatic carbocycles. The molecule has 2 aliphatic heterocycles. The summed E-state index contributed by atoms with van der Waals surface area (Å²) in [5, 5.41) is 0. The van der Waals surface area contributed by atoms with Crippen LogP contribution in [0.15, 0.2) is 73.3 Å². The molecular weight excluding hydrogens is 350 g/mol. The van der Waals surface area contributed by atoms with Crippen molar-refractivity contribution in [3.63, 3.8) is 0 Å². The summed E-state index contributed by atoms with van der Waals surface area (Å²) in [6, 6.07) is 16.2. The molecule has 0 radical (unpaired) electrons. The lowest BCUT2D eigenvalue weighted by Crippen LogP contribution is -2.49. The van der Waals surface area contributed by atoms with E-state index in [1.807, 2.05) is 65.5 Å². The molecule has 4 heterocycles. The standard InChI is InChI=1S/C23H23N3O2/c27-23(17-3-5-18(6-4-17)25-13-1-2-14-25)26-19-7-8-20(26)16-22(15-19)28-21-9-11-24-12-10-21/h1-6,9-14,19-20,22H,7-8,15-16H2. The highest BCUT2D eigenvalue weighted by atomic mass is 16.5. The number of pyridine rings is 1. The van der Waals surface area contributed by atoms with Gasteiger partial charge in [-0.05, 0) is 61.4 Å². The van der Waals surface area contributed by atoms with Crippen molar-refractivity contribution in [2.24, 2.45) is 0 Å². The minimum Gasteiger partial charge on any atom is -0.490 e. The van der Waals surface area contributed by atoms with Gasteiger partial charge in [0.05, 0.1) is 0 Å². The van der Waals surface area contributed by atoms with Crippen LogP contribution in [0.4, 0.5) is 0 Å². The van der Waals surface area contributed by atoms with Gasteiger partial charge in [0.15, 0.2) is 0 Å². The number of nitrogens with zero attached hydrogens (tertiary/aromatic N) is 3. The summed E-state index contributed by atoms with van der Waals surface area (Å²) < 4.78 is 8.19. The summed E-state index contributed by atoms with van der Waals surface area (Å²) >= 11 is 0. The maximum Gasteiger partial charge on any atom is 0.254 e. The Balaban J connectivity index is 1.29. The summed E-state index contributed by atoms with van der Waals surface area (Å²) in [7, 11) is 0. The largest absolute Gasteiger partial charge is 0.490 e. The second-order valence-corrected chi connectivity index (χ2v) is 7.63. The van der Waals surface area contributed by atoms with E-state index in [9.17, 15) is 4.79 Å². The van der Waals surface area contributed by atoms with Crippen LogP contribution in [0.25, 0.3) is 5.69 Å². The Morgan fingerprint density at radius 2 is 1.57 bits per heavy atom. The van der Waals surface area contributed by atoms with Gasteiger partial charge in [-0.1, -0.05) is 0 Å². The predicted molar refractivity (Wildman–Crippen MR) is 107 cm³/mol. The smallest absolute Gasteiger partial charge is 0.254 e. The zero-order valence-corrected chi connectivity index (χ0v) is 15.6. The minimum atomic E-state index is 0.147. The third kappa shape index (κ3) is 3.17.